The highest BCUT2D eigenvalue weighted by Crippen LogP contribution is 2.44. The van der Waals surface area contributed by atoms with Gasteiger partial charge in [-0.15, -0.1) is 11.6 Å². The van der Waals surface area contributed by atoms with Crippen LogP contribution in [-0.4, -0.2) is 55.0 Å². The number of benzene rings is 2. The molecule has 0 fully saturated rings. The van der Waals surface area contributed by atoms with Gasteiger partial charge in [0.25, 0.3) is 0 Å². The monoisotopic (exact) mass is 442 g/mol. The van der Waals surface area contributed by atoms with Crippen LogP contribution in [0, 0.1) is 0 Å². The van der Waals surface area contributed by atoms with Gasteiger partial charge in [-0.1, -0.05) is 18.2 Å². The lowest BCUT2D eigenvalue weighted by Gasteiger charge is -2.41. The van der Waals surface area contributed by atoms with E-state index < -0.39 is 18.1 Å². The number of hydrogen-bond acceptors (Lipinski definition) is 5. The van der Waals surface area contributed by atoms with E-state index in [1.165, 1.54) is 12.0 Å². The smallest absolute Gasteiger partial charge is 0.328 e. The van der Waals surface area contributed by atoms with Crippen LogP contribution < -0.4 is 9.47 Å². The summed E-state index contributed by atoms with van der Waals surface area (Å²) < 4.78 is 16.1. The number of aromatic amines is 1. The van der Waals surface area contributed by atoms with E-state index in [1.807, 2.05) is 30.3 Å². The van der Waals surface area contributed by atoms with Gasteiger partial charge < -0.3 is 24.1 Å². The van der Waals surface area contributed by atoms with Gasteiger partial charge in [0.2, 0.25) is 5.91 Å². The van der Waals surface area contributed by atoms with Crippen LogP contribution in [0.3, 0.4) is 0 Å². The quantitative estimate of drug-likeness (QED) is 0.483. The number of esters is 1. The molecule has 3 aromatic rings. The SMILES string of the molecule is COC(=O)[C@@H]1Cc2c([nH]c3ccccc23)[C@@H](c2cc(OC)ccc2OC)N1C(=O)CCl. The zero-order valence-electron chi connectivity index (χ0n) is 17.5. The first-order valence-corrected chi connectivity index (χ1v) is 10.3. The summed E-state index contributed by atoms with van der Waals surface area (Å²) in [4.78, 5) is 30.8. The average molecular weight is 443 g/mol. The number of nitrogens with zero attached hydrogens (tertiary/aromatic N) is 1. The molecule has 31 heavy (non-hydrogen) atoms. The van der Waals surface area contributed by atoms with Gasteiger partial charge in [-0.2, -0.15) is 0 Å². The predicted octanol–water partition coefficient (Wildman–Crippen LogP) is 3.44. The van der Waals surface area contributed by atoms with Gasteiger partial charge in [0.05, 0.1) is 21.3 Å². The maximum Gasteiger partial charge on any atom is 0.328 e. The number of ether oxygens (including phenoxy) is 3. The molecule has 0 spiro atoms. The van der Waals surface area contributed by atoms with Crippen molar-refractivity contribution in [2.45, 2.75) is 18.5 Å². The van der Waals surface area contributed by atoms with Crippen LogP contribution in [0.1, 0.15) is 22.9 Å². The van der Waals surface area contributed by atoms with Crippen LogP contribution in [-0.2, 0) is 20.7 Å². The number of carbonyl (C=O) groups excluding carboxylic acids is 2. The Labute approximate surface area is 184 Å². The van der Waals surface area contributed by atoms with Crippen LogP contribution in [0.5, 0.6) is 11.5 Å². The van der Waals surface area contributed by atoms with Crippen molar-refractivity contribution in [2.75, 3.05) is 27.2 Å². The Kier molecular flexibility index (Phi) is 5.78. The summed E-state index contributed by atoms with van der Waals surface area (Å²) in [6.45, 7) is 0. The van der Waals surface area contributed by atoms with Crippen LogP contribution in [0.2, 0.25) is 0 Å². The highest BCUT2D eigenvalue weighted by atomic mass is 35.5. The molecule has 8 heteroatoms. The highest BCUT2D eigenvalue weighted by molar-refractivity contribution is 6.27. The zero-order chi connectivity index (χ0) is 22.1. The van der Waals surface area contributed by atoms with Gasteiger partial charge in [-0.25, -0.2) is 4.79 Å². The van der Waals surface area contributed by atoms with E-state index in [2.05, 4.69) is 4.98 Å². The fourth-order valence-electron chi connectivity index (χ4n) is 4.36. The Bertz CT molecular complexity index is 1140. The van der Waals surface area contributed by atoms with Gasteiger partial charge in [0, 0.05) is 28.6 Å². The van der Waals surface area contributed by atoms with E-state index in [4.69, 9.17) is 25.8 Å². The number of H-pyrrole nitrogens is 1. The maximum absolute atomic E-state index is 13.1. The molecule has 2 heterocycles. The molecule has 1 aliphatic rings. The third-order valence-electron chi connectivity index (χ3n) is 5.74. The molecular weight excluding hydrogens is 420 g/mol. The molecule has 4 rings (SSSR count). The number of nitrogens with one attached hydrogen (secondary N) is 1. The fraction of sp³-hybridized carbons (Fsp3) is 0.304. The van der Waals surface area contributed by atoms with Crippen LogP contribution in [0.15, 0.2) is 42.5 Å². The first kappa shape index (κ1) is 21.1. The third kappa shape index (κ3) is 3.49. The largest absolute Gasteiger partial charge is 0.497 e. The Morgan fingerprint density at radius 1 is 1.13 bits per heavy atom. The molecule has 0 aliphatic carbocycles. The number of fused-ring (bicyclic) bond motifs is 3. The second-order valence-corrected chi connectivity index (χ2v) is 7.52. The molecule has 1 N–H and O–H groups in total. The number of hydrogen-bond donors (Lipinski definition) is 1. The second kappa shape index (κ2) is 8.51. The minimum atomic E-state index is -0.830. The summed E-state index contributed by atoms with van der Waals surface area (Å²) in [5.41, 5.74) is 3.37. The number of aromatic nitrogens is 1. The topological polar surface area (TPSA) is 80.9 Å². The molecule has 2 aromatic carbocycles. The number of para-hydroxylation sites is 1. The summed E-state index contributed by atoms with van der Waals surface area (Å²) in [6.07, 6.45) is 0.317. The first-order chi connectivity index (χ1) is 15.0. The Hall–Kier alpha value is -3.19. The lowest BCUT2D eigenvalue weighted by Crippen LogP contribution is -2.52. The molecule has 1 aliphatic heterocycles. The summed E-state index contributed by atoms with van der Waals surface area (Å²) in [5, 5.41) is 0.997. The van der Waals surface area contributed by atoms with E-state index in [0.29, 0.717) is 23.5 Å². The minimum absolute atomic E-state index is 0.272. The number of methoxy groups -OCH3 is 3. The number of halogens is 1. The van der Waals surface area contributed by atoms with E-state index in [9.17, 15) is 9.59 Å². The minimum Gasteiger partial charge on any atom is -0.497 e. The van der Waals surface area contributed by atoms with E-state index in [-0.39, 0.29) is 11.8 Å². The van der Waals surface area contributed by atoms with Crippen molar-refractivity contribution >= 4 is 34.4 Å². The first-order valence-electron chi connectivity index (χ1n) is 9.80. The Morgan fingerprint density at radius 2 is 1.90 bits per heavy atom. The predicted molar refractivity (Wildman–Crippen MR) is 117 cm³/mol. The van der Waals surface area contributed by atoms with Crippen molar-refractivity contribution in [1.29, 1.82) is 0 Å². The zero-order valence-corrected chi connectivity index (χ0v) is 18.2. The van der Waals surface area contributed by atoms with Gasteiger partial charge >= 0.3 is 5.97 Å². The molecule has 1 amide bonds. The van der Waals surface area contributed by atoms with Crippen LogP contribution >= 0.6 is 11.6 Å². The van der Waals surface area contributed by atoms with Crippen LogP contribution in [0.4, 0.5) is 0 Å². The lowest BCUT2D eigenvalue weighted by molar-refractivity contribution is -0.154. The molecule has 0 unspecified atom stereocenters. The van der Waals surface area contributed by atoms with Crippen molar-refractivity contribution < 1.29 is 23.8 Å². The summed E-state index contributed by atoms with van der Waals surface area (Å²) in [5.74, 6) is 0.0176. The van der Waals surface area contributed by atoms with Crippen molar-refractivity contribution in [3.8, 4) is 11.5 Å². The molecule has 0 bridgehead atoms. The Morgan fingerprint density at radius 3 is 2.58 bits per heavy atom. The van der Waals surface area contributed by atoms with Crippen LogP contribution in [0.25, 0.3) is 10.9 Å². The van der Waals surface area contributed by atoms with Gasteiger partial charge in [-0.3, -0.25) is 4.79 Å². The number of amides is 1. The fourth-order valence-corrected chi connectivity index (χ4v) is 4.50. The van der Waals surface area contributed by atoms with Crippen molar-refractivity contribution in [3.05, 3.63) is 59.3 Å². The molecule has 7 nitrogen and oxygen atoms in total. The molecular formula is C23H23ClN2O5. The molecule has 2 atom stereocenters. The molecule has 162 valence electrons. The highest BCUT2D eigenvalue weighted by Gasteiger charge is 2.44. The number of rotatable bonds is 5. The third-order valence-corrected chi connectivity index (χ3v) is 5.97. The normalized spacial score (nSPS) is 17.9. The summed E-state index contributed by atoms with van der Waals surface area (Å²) in [6, 6.07) is 11.7. The van der Waals surface area contributed by atoms with E-state index in [1.54, 1.807) is 26.4 Å². The van der Waals surface area contributed by atoms with Gasteiger partial charge in [0.15, 0.2) is 0 Å². The molecule has 0 saturated heterocycles. The summed E-state index contributed by atoms with van der Waals surface area (Å²) >= 11 is 5.98. The van der Waals surface area contributed by atoms with E-state index in [0.717, 1.165) is 22.2 Å². The van der Waals surface area contributed by atoms with Crippen molar-refractivity contribution in [1.82, 2.24) is 9.88 Å². The van der Waals surface area contributed by atoms with Gasteiger partial charge in [-0.05, 0) is 29.8 Å². The number of alkyl halides is 1. The molecule has 0 saturated carbocycles. The summed E-state index contributed by atoms with van der Waals surface area (Å²) in [7, 11) is 4.45. The average Bonchev–Trinajstić information content (AvgIpc) is 3.19. The lowest BCUT2D eigenvalue weighted by atomic mass is 9.87. The van der Waals surface area contributed by atoms with Crippen molar-refractivity contribution in [2.24, 2.45) is 0 Å². The van der Waals surface area contributed by atoms with Gasteiger partial charge in [0.1, 0.15) is 29.5 Å². The number of carbonyl (C=O) groups is 2. The van der Waals surface area contributed by atoms with Crippen molar-refractivity contribution in [3.63, 3.8) is 0 Å². The molecule has 1 aromatic heterocycles. The standard InChI is InChI=1S/C23H23ClN2O5/c1-29-13-8-9-19(30-2)16(10-13)22-21-15(14-6-4-5-7-17(14)25-21)11-18(23(28)31-3)26(22)20(27)12-24/h4-10,18,22,25H,11-12H2,1-3H3/t18-,22+/m0/s1. The second-order valence-electron chi connectivity index (χ2n) is 7.25. The van der Waals surface area contributed by atoms with E-state index >= 15 is 0 Å². The maximum atomic E-state index is 13.1. The Balaban J connectivity index is 2.03. The molecule has 0 radical (unpaired) electrons.